The molecule has 1 aliphatic heterocycles. The number of benzene rings is 2. The van der Waals surface area contributed by atoms with E-state index in [4.69, 9.17) is 9.26 Å². The Kier molecular flexibility index (Phi) is 7.37. The number of hydrogen-bond acceptors (Lipinski definition) is 7. The molecule has 1 unspecified atom stereocenters. The topological polar surface area (TPSA) is 98.3 Å². The number of piperidine rings is 1. The molecule has 1 saturated heterocycles. The molecule has 0 spiro atoms. The van der Waals surface area contributed by atoms with Crippen LogP contribution in [-0.2, 0) is 24.4 Å². The largest absolute Gasteiger partial charge is 0.497 e. The molecular weight excluding hydrogens is 456 g/mol. The van der Waals surface area contributed by atoms with Gasteiger partial charge in [0, 0.05) is 37.6 Å². The number of nitrogens with zero attached hydrogens (tertiary/aromatic N) is 5. The van der Waals surface area contributed by atoms with Gasteiger partial charge in [0.2, 0.25) is 17.6 Å². The minimum Gasteiger partial charge on any atom is -0.497 e. The maximum atomic E-state index is 12.9. The lowest BCUT2D eigenvalue weighted by molar-refractivity contribution is -0.127. The molecule has 9 nitrogen and oxygen atoms in total. The first-order valence-electron chi connectivity index (χ1n) is 12.2. The molecule has 2 aromatic carbocycles. The van der Waals surface area contributed by atoms with Gasteiger partial charge in [0.25, 0.3) is 0 Å². The highest BCUT2D eigenvalue weighted by Crippen LogP contribution is 2.22. The normalized spacial score (nSPS) is 16.1. The van der Waals surface area contributed by atoms with Gasteiger partial charge in [0.1, 0.15) is 5.75 Å². The summed E-state index contributed by atoms with van der Waals surface area (Å²) in [6.45, 7) is 3.38. The Morgan fingerprint density at radius 2 is 2.03 bits per heavy atom. The predicted molar refractivity (Wildman–Crippen MR) is 134 cm³/mol. The van der Waals surface area contributed by atoms with Crippen LogP contribution >= 0.6 is 0 Å². The Morgan fingerprint density at radius 1 is 1.17 bits per heavy atom. The lowest BCUT2D eigenvalue weighted by atomic mass is 9.97. The number of aromatic nitrogens is 4. The number of hydrogen-bond donors (Lipinski definition) is 1. The summed E-state index contributed by atoms with van der Waals surface area (Å²) < 4.78 is 12.7. The van der Waals surface area contributed by atoms with Crippen molar-refractivity contribution in [2.24, 2.45) is 5.92 Å². The highest BCUT2D eigenvalue weighted by Gasteiger charge is 2.27. The highest BCUT2D eigenvalue weighted by molar-refractivity contribution is 5.79. The number of nitrogens with one attached hydrogen (secondary N) is 1. The summed E-state index contributed by atoms with van der Waals surface area (Å²) in [4.78, 5) is 23.8. The molecule has 0 bridgehead atoms. The second-order valence-electron chi connectivity index (χ2n) is 9.09. The Balaban J connectivity index is 1.13. The highest BCUT2D eigenvalue weighted by atomic mass is 16.5. The van der Waals surface area contributed by atoms with Gasteiger partial charge in [-0.1, -0.05) is 29.4 Å². The molecule has 9 heteroatoms. The van der Waals surface area contributed by atoms with Crippen molar-refractivity contribution in [3.63, 3.8) is 0 Å². The molecule has 4 aromatic rings. The van der Waals surface area contributed by atoms with Gasteiger partial charge in [-0.3, -0.25) is 9.69 Å². The van der Waals surface area contributed by atoms with Crippen molar-refractivity contribution in [1.82, 2.24) is 29.9 Å². The summed E-state index contributed by atoms with van der Waals surface area (Å²) in [5, 5.41) is 7.24. The second-order valence-corrected chi connectivity index (χ2v) is 9.09. The number of rotatable bonds is 9. The zero-order valence-electron chi connectivity index (χ0n) is 20.3. The van der Waals surface area contributed by atoms with Crippen LogP contribution in [0, 0.1) is 5.92 Å². The molecule has 0 saturated carbocycles. The van der Waals surface area contributed by atoms with Crippen molar-refractivity contribution >= 4 is 5.91 Å². The molecule has 186 valence electrons. The first kappa shape index (κ1) is 23.7. The second kappa shape index (κ2) is 11.2. The van der Waals surface area contributed by atoms with Crippen LogP contribution in [-0.4, -0.2) is 50.7 Å². The number of ether oxygens (including phenoxy) is 1. The monoisotopic (exact) mass is 486 g/mol. The molecular formula is C27H30N6O3. The van der Waals surface area contributed by atoms with Gasteiger partial charge in [-0.2, -0.15) is 4.98 Å². The summed E-state index contributed by atoms with van der Waals surface area (Å²) in [6, 6.07) is 15.8. The standard InChI is InChI=1S/C27H30N6O3/c1-35-24-9-7-22(8-10-24)26-30-25(36-31-26)18-32-12-3-6-23(17-32)27(34)29-15-20-4-2-5-21(14-20)16-33-13-11-28-19-33/h2,4-5,7-11,13-14,19,23H,3,6,12,15-18H2,1H3,(H,29,34). The first-order chi connectivity index (χ1) is 17.7. The molecule has 1 N–H and O–H groups in total. The molecule has 5 rings (SSSR count). The van der Waals surface area contributed by atoms with Gasteiger partial charge >= 0.3 is 0 Å². The van der Waals surface area contributed by atoms with E-state index in [1.54, 1.807) is 19.6 Å². The van der Waals surface area contributed by atoms with Gasteiger partial charge in [0.05, 0.1) is 25.9 Å². The van der Waals surface area contributed by atoms with E-state index in [1.807, 2.05) is 47.2 Å². The number of likely N-dealkylation sites (tertiary alicyclic amines) is 1. The summed E-state index contributed by atoms with van der Waals surface area (Å²) in [5.74, 6) is 1.91. The third-order valence-corrected chi connectivity index (χ3v) is 6.43. The quantitative estimate of drug-likeness (QED) is 0.387. The van der Waals surface area contributed by atoms with Crippen LogP contribution in [0.2, 0.25) is 0 Å². The lowest BCUT2D eigenvalue weighted by Crippen LogP contribution is -2.42. The van der Waals surface area contributed by atoms with Crippen molar-refractivity contribution < 1.29 is 14.1 Å². The number of methoxy groups -OCH3 is 1. The van der Waals surface area contributed by atoms with Crippen LogP contribution in [0.5, 0.6) is 5.75 Å². The van der Waals surface area contributed by atoms with E-state index in [-0.39, 0.29) is 11.8 Å². The SMILES string of the molecule is COc1ccc(-c2noc(CN3CCCC(C(=O)NCc4cccc(Cn5ccnc5)c4)C3)n2)cc1. The van der Waals surface area contributed by atoms with Crippen LogP contribution in [0.25, 0.3) is 11.4 Å². The molecule has 1 atom stereocenters. The molecule has 1 fully saturated rings. The van der Waals surface area contributed by atoms with Crippen molar-refractivity contribution in [2.45, 2.75) is 32.5 Å². The van der Waals surface area contributed by atoms with Crippen LogP contribution in [0.15, 0.2) is 71.8 Å². The smallest absolute Gasteiger partial charge is 0.241 e. The minimum atomic E-state index is -0.0585. The zero-order chi connectivity index (χ0) is 24.7. The Bertz CT molecular complexity index is 1270. The van der Waals surface area contributed by atoms with Crippen LogP contribution in [0.1, 0.15) is 29.9 Å². The third kappa shape index (κ3) is 5.98. The van der Waals surface area contributed by atoms with E-state index >= 15 is 0 Å². The summed E-state index contributed by atoms with van der Waals surface area (Å²) in [7, 11) is 1.63. The van der Waals surface area contributed by atoms with Gasteiger partial charge in [-0.25, -0.2) is 4.98 Å². The number of carbonyl (C=O) groups excluding carboxylic acids is 1. The Labute approximate surface area is 210 Å². The molecule has 1 aliphatic rings. The third-order valence-electron chi connectivity index (χ3n) is 6.43. The summed E-state index contributed by atoms with van der Waals surface area (Å²) in [5.41, 5.74) is 3.14. The lowest BCUT2D eigenvalue weighted by Gasteiger charge is -2.30. The van der Waals surface area contributed by atoms with E-state index in [0.29, 0.717) is 31.3 Å². The molecule has 1 amide bonds. The molecule has 2 aromatic heterocycles. The minimum absolute atomic E-state index is 0.0585. The number of amides is 1. The van der Waals surface area contributed by atoms with Crippen LogP contribution in [0.3, 0.4) is 0 Å². The van der Waals surface area contributed by atoms with Crippen molar-refractivity contribution in [3.8, 4) is 17.1 Å². The average Bonchev–Trinajstić information content (AvgIpc) is 3.60. The zero-order valence-corrected chi connectivity index (χ0v) is 20.3. The molecule has 36 heavy (non-hydrogen) atoms. The Hall–Kier alpha value is -3.98. The van der Waals surface area contributed by atoms with Gasteiger partial charge < -0.3 is 19.1 Å². The van der Waals surface area contributed by atoms with Gasteiger partial charge in [-0.05, 0) is 54.8 Å². The number of imidazole rings is 1. The average molecular weight is 487 g/mol. The first-order valence-corrected chi connectivity index (χ1v) is 12.2. The fraction of sp³-hybridized carbons (Fsp3) is 0.333. The molecule has 0 radical (unpaired) electrons. The van der Waals surface area contributed by atoms with Crippen LogP contribution < -0.4 is 10.1 Å². The molecule has 3 heterocycles. The fourth-order valence-electron chi connectivity index (χ4n) is 4.54. The maximum absolute atomic E-state index is 12.9. The Morgan fingerprint density at radius 3 is 2.83 bits per heavy atom. The van der Waals surface area contributed by atoms with Gasteiger partial charge in [-0.15, -0.1) is 0 Å². The van der Waals surface area contributed by atoms with Gasteiger partial charge in [0.15, 0.2) is 0 Å². The maximum Gasteiger partial charge on any atom is 0.241 e. The van der Waals surface area contributed by atoms with E-state index in [0.717, 1.165) is 42.8 Å². The summed E-state index contributed by atoms with van der Waals surface area (Å²) >= 11 is 0. The number of carbonyl (C=O) groups is 1. The van der Waals surface area contributed by atoms with Crippen molar-refractivity contribution in [2.75, 3.05) is 20.2 Å². The predicted octanol–water partition coefficient (Wildman–Crippen LogP) is 3.52. The summed E-state index contributed by atoms with van der Waals surface area (Å²) in [6.07, 6.45) is 7.35. The van der Waals surface area contributed by atoms with E-state index < -0.39 is 0 Å². The van der Waals surface area contributed by atoms with Crippen LogP contribution in [0.4, 0.5) is 0 Å². The molecule has 0 aliphatic carbocycles. The fourth-order valence-corrected chi connectivity index (χ4v) is 4.54. The van der Waals surface area contributed by atoms with E-state index in [1.165, 1.54) is 5.56 Å². The van der Waals surface area contributed by atoms with Crippen molar-refractivity contribution in [1.29, 1.82) is 0 Å². The van der Waals surface area contributed by atoms with Crippen molar-refractivity contribution in [3.05, 3.63) is 84.3 Å². The van der Waals surface area contributed by atoms with E-state index in [9.17, 15) is 4.79 Å². The van der Waals surface area contributed by atoms with E-state index in [2.05, 4.69) is 37.5 Å².